The van der Waals surface area contributed by atoms with Crippen molar-refractivity contribution in [3.8, 4) is 0 Å². The lowest BCUT2D eigenvalue weighted by Gasteiger charge is -2.15. The molecule has 3 heteroatoms. The third kappa shape index (κ3) is 1.05. The van der Waals surface area contributed by atoms with Gasteiger partial charge in [0.15, 0.2) is 0 Å². The Morgan fingerprint density at radius 1 is 1.00 bits per heavy atom. The van der Waals surface area contributed by atoms with Crippen molar-refractivity contribution in [2.75, 3.05) is 0 Å². The zero-order valence-electron chi connectivity index (χ0n) is 6.96. The highest BCUT2D eigenvalue weighted by Gasteiger charge is 2.17. The molecule has 0 aromatic heterocycles. The van der Waals surface area contributed by atoms with Crippen molar-refractivity contribution >= 4 is 11.4 Å². The van der Waals surface area contributed by atoms with Gasteiger partial charge in [-0.25, -0.2) is 0 Å². The molecule has 4 N–H and O–H groups in total. The molecule has 1 aromatic rings. The predicted octanol–water partition coefficient (Wildman–Crippen LogP) is 1.28. The minimum atomic E-state index is 0.312. The fraction of sp³-hybridized carbons (Fsp3) is 0. The summed E-state index contributed by atoms with van der Waals surface area (Å²) >= 11 is 0. The summed E-state index contributed by atoms with van der Waals surface area (Å²) in [6.07, 6.45) is 1.52. The van der Waals surface area contributed by atoms with E-state index in [2.05, 4.69) is 0 Å². The minimum Gasteiger partial charge on any atom is -0.397 e. The summed E-state index contributed by atoms with van der Waals surface area (Å²) in [6.45, 7) is 0. The number of fused-ring (bicyclic) bond motifs is 1. The van der Waals surface area contributed by atoms with E-state index in [4.69, 9.17) is 16.6 Å². The molecule has 0 amide bonds. The summed E-state index contributed by atoms with van der Waals surface area (Å²) in [7, 11) is 0. The van der Waals surface area contributed by atoms with Gasteiger partial charge in [-0.15, -0.1) is 0 Å². The van der Waals surface area contributed by atoms with Gasteiger partial charge in [0.1, 0.15) is 0 Å². The molecule has 0 spiro atoms. The summed E-state index contributed by atoms with van der Waals surface area (Å²) in [4.78, 5) is 0. The van der Waals surface area contributed by atoms with Crippen LogP contribution < -0.4 is 5.73 Å². The first-order valence-electron chi connectivity index (χ1n) is 3.94. The van der Waals surface area contributed by atoms with Crippen molar-refractivity contribution in [3.63, 3.8) is 0 Å². The first-order chi connectivity index (χ1) is 6.20. The van der Waals surface area contributed by atoms with Gasteiger partial charge in [0.05, 0.1) is 17.1 Å². The maximum absolute atomic E-state index is 7.68. The maximum Gasteiger partial charge on any atom is 0.0849 e. The topological polar surface area (TPSA) is 73.7 Å². The van der Waals surface area contributed by atoms with Crippen LogP contribution >= 0.6 is 0 Å². The largest absolute Gasteiger partial charge is 0.397 e. The van der Waals surface area contributed by atoms with E-state index in [0.717, 1.165) is 11.1 Å². The highest BCUT2D eigenvalue weighted by atomic mass is 14.7. The number of hydrogen-bond acceptors (Lipinski definition) is 3. The van der Waals surface area contributed by atoms with Gasteiger partial charge in [-0.05, 0) is 6.08 Å². The Balaban J connectivity index is 2.69. The lowest BCUT2D eigenvalue weighted by molar-refractivity contribution is 1.35. The van der Waals surface area contributed by atoms with E-state index < -0.39 is 0 Å². The molecule has 1 aromatic carbocycles. The average Bonchev–Trinajstić information content (AvgIpc) is 2.15. The van der Waals surface area contributed by atoms with Gasteiger partial charge in [0.2, 0.25) is 0 Å². The van der Waals surface area contributed by atoms with Crippen LogP contribution in [0.2, 0.25) is 0 Å². The van der Waals surface area contributed by atoms with E-state index in [-0.39, 0.29) is 0 Å². The molecule has 0 radical (unpaired) electrons. The molecule has 0 saturated carbocycles. The van der Waals surface area contributed by atoms with Crippen LogP contribution in [0.3, 0.4) is 0 Å². The first kappa shape index (κ1) is 7.73. The van der Waals surface area contributed by atoms with Gasteiger partial charge in [0.25, 0.3) is 0 Å². The van der Waals surface area contributed by atoms with Crippen LogP contribution in [0.15, 0.2) is 36.0 Å². The van der Waals surface area contributed by atoms with Gasteiger partial charge in [0, 0.05) is 11.1 Å². The van der Waals surface area contributed by atoms with Crippen molar-refractivity contribution in [3.05, 3.63) is 47.2 Å². The molecule has 0 bridgehead atoms. The molecule has 0 atom stereocenters. The summed E-state index contributed by atoms with van der Waals surface area (Å²) in [6, 6.07) is 7.34. The second-order valence-corrected chi connectivity index (χ2v) is 2.93. The van der Waals surface area contributed by atoms with Gasteiger partial charge >= 0.3 is 0 Å². The van der Waals surface area contributed by atoms with E-state index >= 15 is 0 Å². The summed E-state index contributed by atoms with van der Waals surface area (Å²) in [5, 5.41) is 15.3. The van der Waals surface area contributed by atoms with E-state index in [1.165, 1.54) is 6.08 Å². The first-order valence-corrected chi connectivity index (χ1v) is 3.94. The van der Waals surface area contributed by atoms with Gasteiger partial charge in [-0.2, -0.15) is 0 Å². The number of nitrogens with one attached hydrogen (secondary N) is 2. The van der Waals surface area contributed by atoms with Crippen molar-refractivity contribution in [2.24, 2.45) is 5.73 Å². The van der Waals surface area contributed by atoms with Crippen LogP contribution in [0.5, 0.6) is 0 Å². The van der Waals surface area contributed by atoms with Crippen molar-refractivity contribution < 1.29 is 0 Å². The van der Waals surface area contributed by atoms with E-state index in [1.54, 1.807) is 0 Å². The Bertz CT molecular complexity index is 430. The summed E-state index contributed by atoms with van der Waals surface area (Å²) in [5.41, 5.74) is 8.16. The number of benzene rings is 1. The molecule has 2 rings (SSSR count). The third-order valence-electron chi connectivity index (χ3n) is 2.08. The molecule has 0 heterocycles. The highest BCUT2D eigenvalue weighted by molar-refractivity contribution is 6.25. The molecule has 0 unspecified atom stereocenters. The SMILES string of the molecule is N=C1C=C(N)C(=N)c2ccccc21. The number of rotatable bonds is 0. The fourth-order valence-electron chi connectivity index (χ4n) is 1.40. The molecule has 1 aliphatic carbocycles. The number of hydrogen-bond donors (Lipinski definition) is 3. The second-order valence-electron chi connectivity index (χ2n) is 2.93. The Morgan fingerprint density at radius 2 is 1.62 bits per heavy atom. The van der Waals surface area contributed by atoms with Crippen LogP contribution in [-0.2, 0) is 0 Å². The zero-order valence-corrected chi connectivity index (χ0v) is 6.96. The van der Waals surface area contributed by atoms with Gasteiger partial charge < -0.3 is 11.1 Å². The molecular formula is C10H9N3. The normalized spacial score (nSPS) is 15.2. The lowest BCUT2D eigenvalue weighted by Crippen LogP contribution is -2.21. The van der Waals surface area contributed by atoms with Crippen LogP contribution in [0, 0.1) is 10.8 Å². The Labute approximate surface area is 75.9 Å². The number of allylic oxidation sites excluding steroid dienone is 2. The smallest absolute Gasteiger partial charge is 0.0849 e. The van der Waals surface area contributed by atoms with Crippen LogP contribution in [0.4, 0.5) is 0 Å². The average molecular weight is 171 g/mol. The summed E-state index contributed by atoms with van der Waals surface area (Å²) in [5.74, 6) is 0. The second kappa shape index (κ2) is 2.55. The molecule has 0 saturated heterocycles. The predicted molar refractivity (Wildman–Crippen MR) is 52.4 cm³/mol. The van der Waals surface area contributed by atoms with E-state index in [1.807, 2.05) is 24.3 Å². The summed E-state index contributed by atoms with van der Waals surface area (Å²) < 4.78 is 0. The number of nitrogens with two attached hydrogens (primary N) is 1. The van der Waals surface area contributed by atoms with Crippen molar-refractivity contribution in [1.82, 2.24) is 0 Å². The van der Waals surface area contributed by atoms with E-state index in [9.17, 15) is 0 Å². The fourth-order valence-corrected chi connectivity index (χ4v) is 1.40. The van der Waals surface area contributed by atoms with Crippen molar-refractivity contribution in [1.29, 1.82) is 10.8 Å². The Hall–Kier alpha value is -1.90. The van der Waals surface area contributed by atoms with E-state index in [0.29, 0.717) is 17.1 Å². The zero-order chi connectivity index (χ0) is 9.42. The monoisotopic (exact) mass is 171 g/mol. The molecular weight excluding hydrogens is 162 g/mol. The minimum absolute atomic E-state index is 0.312. The van der Waals surface area contributed by atoms with Crippen LogP contribution in [0.25, 0.3) is 0 Å². The Morgan fingerprint density at radius 3 is 2.31 bits per heavy atom. The highest BCUT2D eigenvalue weighted by Crippen LogP contribution is 2.17. The van der Waals surface area contributed by atoms with Crippen molar-refractivity contribution in [2.45, 2.75) is 0 Å². The lowest BCUT2D eigenvalue weighted by atomic mass is 9.92. The molecule has 64 valence electrons. The maximum atomic E-state index is 7.68. The van der Waals surface area contributed by atoms with Crippen LogP contribution in [0.1, 0.15) is 11.1 Å². The van der Waals surface area contributed by atoms with Gasteiger partial charge in [-0.3, -0.25) is 5.41 Å². The Kier molecular flexibility index (Phi) is 1.52. The molecule has 13 heavy (non-hydrogen) atoms. The molecule has 0 aliphatic heterocycles. The standard InChI is InChI=1S/C10H9N3/c11-8-5-9(12)10(13)7-4-2-1-3-6(7)8/h1-5,11,13H,12H2. The molecule has 0 fully saturated rings. The van der Waals surface area contributed by atoms with Crippen LogP contribution in [-0.4, -0.2) is 11.4 Å². The third-order valence-corrected chi connectivity index (χ3v) is 2.08. The molecule has 3 nitrogen and oxygen atoms in total. The quantitative estimate of drug-likeness (QED) is 0.540. The van der Waals surface area contributed by atoms with Gasteiger partial charge in [-0.1, -0.05) is 24.3 Å². The molecule has 1 aliphatic rings.